The molecule has 0 atom stereocenters. The molecule has 0 amide bonds. The average molecular weight is 194 g/mol. The molecular formula is C8H9Y+2. The van der Waals surface area contributed by atoms with Crippen molar-refractivity contribution in [2.75, 3.05) is 0 Å². The summed E-state index contributed by atoms with van der Waals surface area (Å²) >= 11 is 0. The monoisotopic (exact) mass is 194 g/mol. The molecule has 0 aliphatic carbocycles. The maximum Gasteiger partial charge on any atom is 3.00 e. The van der Waals surface area contributed by atoms with Crippen LogP contribution in [0.3, 0.4) is 0 Å². The van der Waals surface area contributed by atoms with Crippen molar-refractivity contribution >= 4 is 0 Å². The van der Waals surface area contributed by atoms with Gasteiger partial charge in [0, 0.05) is 0 Å². The van der Waals surface area contributed by atoms with Crippen LogP contribution in [0.5, 0.6) is 0 Å². The van der Waals surface area contributed by atoms with Gasteiger partial charge in [0.15, 0.2) is 0 Å². The van der Waals surface area contributed by atoms with Gasteiger partial charge in [0.05, 0.1) is 0 Å². The standard InChI is InChI=1S/C8H9.Y/c1-7-5-3-4-6-8(7)2;/h3-5H,1-2H3;/q-1;+3. The summed E-state index contributed by atoms with van der Waals surface area (Å²) in [5, 5.41) is 0. The van der Waals surface area contributed by atoms with Crippen LogP contribution in [-0.4, -0.2) is 0 Å². The molecule has 1 aromatic carbocycles. The van der Waals surface area contributed by atoms with Crippen molar-refractivity contribution in [3.63, 3.8) is 0 Å². The van der Waals surface area contributed by atoms with E-state index in [1.54, 1.807) is 0 Å². The summed E-state index contributed by atoms with van der Waals surface area (Å²) in [7, 11) is 0. The summed E-state index contributed by atoms with van der Waals surface area (Å²) in [6.07, 6.45) is 0. The van der Waals surface area contributed by atoms with E-state index in [0.717, 1.165) is 0 Å². The Hall–Kier alpha value is 0.324. The molecule has 1 aromatic rings. The van der Waals surface area contributed by atoms with Crippen LogP contribution in [0.15, 0.2) is 18.2 Å². The van der Waals surface area contributed by atoms with E-state index in [-0.39, 0.29) is 32.7 Å². The first-order valence-corrected chi connectivity index (χ1v) is 2.74. The Bertz CT molecular complexity index is 161. The van der Waals surface area contributed by atoms with Gasteiger partial charge in [-0.1, -0.05) is 13.8 Å². The number of aryl methyl sites for hydroxylation is 2. The van der Waals surface area contributed by atoms with Gasteiger partial charge in [0.2, 0.25) is 0 Å². The zero-order chi connectivity index (χ0) is 5.98. The van der Waals surface area contributed by atoms with E-state index in [1.165, 1.54) is 11.1 Å². The zero-order valence-electron chi connectivity index (χ0n) is 5.81. The second-order valence-corrected chi connectivity index (χ2v) is 1.98. The summed E-state index contributed by atoms with van der Waals surface area (Å²) in [6.45, 7) is 4.15. The topological polar surface area (TPSA) is 0 Å². The van der Waals surface area contributed by atoms with Gasteiger partial charge in [-0.05, 0) is 0 Å². The second kappa shape index (κ2) is 4.19. The Labute approximate surface area is 81.5 Å². The SMILES string of the molecule is Cc1[c-]cccc1C.[Y+3]. The maximum absolute atomic E-state index is 3.10. The van der Waals surface area contributed by atoms with Crippen molar-refractivity contribution in [3.8, 4) is 0 Å². The summed E-state index contributed by atoms with van der Waals surface area (Å²) in [6, 6.07) is 9.12. The second-order valence-electron chi connectivity index (χ2n) is 1.98. The van der Waals surface area contributed by atoms with E-state index >= 15 is 0 Å². The first-order chi connectivity index (χ1) is 3.80. The number of rotatable bonds is 0. The summed E-state index contributed by atoms with van der Waals surface area (Å²) in [4.78, 5) is 0. The van der Waals surface area contributed by atoms with Gasteiger partial charge in [-0.15, -0.1) is 0 Å². The number of hydrogen-bond donors (Lipinski definition) is 0. The van der Waals surface area contributed by atoms with Crippen LogP contribution in [0.1, 0.15) is 11.1 Å². The average Bonchev–Trinajstić information content (AvgIpc) is 1.77. The molecule has 0 spiro atoms. The molecule has 1 rings (SSSR count). The minimum Gasteiger partial charge on any atom is -0.180 e. The van der Waals surface area contributed by atoms with Crippen LogP contribution in [0.25, 0.3) is 0 Å². The van der Waals surface area contributed by atoms with E-state index in [9.17, 15) is 0 Å². The van der Waals surface area contributed by atoms with E-state index in [1.807, 2.05) is 12.1 Å². The molecule has 0 aliphatic heterocycles. The van der Waals surface area contributed by atoms with Crippen molar-refractivity contribution < 1.29 is 32.7 Å². The van der Waals surface area contributed by atoms with Crippen LogP contribution in [-0.2, 0) is 32.7 Å². The summed E-state index contributed by atoms with van der Waals surface area (Å²) in [5.74, 6) is 0. The molecular weight excluding hydrogens is 185 g/mol. The fourth-order valence-electron chi connectivity index (χ4n) is 0.604. The van der Waals surface area contributed by atoms with Crippen LogP contribution in [0.2, 0.25) is 0 Å². The molecule has 0 N–H and O–H groups in total. The third-order valence-corrected chi connectivity index (χ3v) is 1.33. The largest absolute Gasteiger partial charge is 3.00 e. The molecule has 42 valence electrons. The Morgan fingerprint density at radius 2 is 2.00 bits per heavy atom. The normalized spacial score (nSPS) is 8.22. The van der Waals surface area contributed by atoms with Crippen molar-refractivity contribution in [1.82, 2.24) is 0 Å². The fourth-order valence-corrected chi connectivity index (χ4v) is 0.604. The first-order valence-electron chi connectivity index (χ1n) is 2.74. The predicted octanol–water partition coefficient (Wildman–Crippen LogP) is 2.10. The molecule has 0 radical (unpaired) electrons. The molecule has 0 unspecified atom stereocenters. The molecule has 0 saturated heterocycles. The van der Waals surface area contributed by atoms with Gasteiger partial charge >= 0.3 is 32.7 Å². The van der Waals surface area contributed by atoms with Gasteiger partial charge < -0.3 is 0 Å². The van der Waals surface area contributed by atoms with Crippen molar-refractivity contribution in [3.05, 3.63) is 35.4 Å². The van der Waals surface area contributed by atoms with Gasteiger partial charge in [0.1, 0.15) is 0 Å². The van der Waals surface area contributed by atoms with Gasteiger partial charge in [-0.3, -0.25) is 0 Å². The van der Waals surface area contributed by atoms with Gasteiger partial charge in [-0.25, -0.2) is 0 Å². The molecule has 1 heteroatoms. The molecule has 0 bridgehead atoms. The van der Waals surface area contributed by atoms with Gasteiger partial charge in [-0.2, -0.15) is 35.4 Å². The van der Waals surface area contributed by atoms with Crippen LogP contribution >= 0.6 is 0 Å². The molecule has 0 nitrogen and oxygen atoms in total. The van der Waals surface area contributed by atoms with Crippen LogP contribution < -0.4 is 0 Å². The number of hydrogen-bond acceptors (Lipinski definition) is 0. The Balaban J connectivity index is 0.000000640. The van der Waals surface area contributed by atoms with Gasteiger partial charge in [0.25, 0.3) is 0 Å². The third kappa shape index (κ3) is 2.60. The molecule has 0 heterocycles. The van der Waals surface area contributed by atoms with Crippen molar-refractivity contribution in [1.29, 1.82) is 0 Å². The minimum atomic E-state index is 0. The summed E-state index contributed by atoms with van der Waals surface area (Å²) < 4.78 is 0. The van der Waals surface area contributed by atoms with Crippen LogP contribution in [0, 0.1) is 19.9 Å². The van der Waals surface area contributed by atoms with Crippen molar-refractivity contribution in [2.24, 2.45) is 0 Å². The number of benzene rings is 1. The zero-order valence-corrected chi connectivity index (χ0v) is 8.65. The Morgan fingerprint density at radius 3 is 2.33 bits per heavy atom. The molecule has 0 fully saturated rings. The molecule has 0 aromatic heterocycles. The smallest absolute Gasteiger partial charge is 0.180 e. The maximum atomic E-state index is 3.10. The van der Waals surface area contributed by atoms with Crippen LogP contribution in [0.4, 0.5) is 0 Å². The molecule has 0 saturated carbocycles. The van der Waals surface area contributed by atoms with E-state index in [0.29, 0.717) is 0 Å². The predicted molar refractivity (Wildman–Crippen MR) is 34.8 cm³/mol. The minimum absolute atomic E-state index is 0. The first kappa shape index (κ1) is 9.32. The van der Waals surface area contributed by atoms with E-state index in [4.69, 9.17) is 0 Å². The fraction of sp³-hybridized carbons (Fsp3) is 0.250. The van der Waals surface area contributed by atoms with E-state index < -0.39 is 0 Å². The Morgan fingerprint density at radius 1 is 1.33 bits per heavy atom. The quantitative estimate of drug-likeness (QED) is 0.555. The Kier molecular flexibility index (Phi) is 4.34. The van der Waals surface area contributed by atoms with Crippen molar-refractivity contribution in [2.45, 2.75) is 13.8 Å². The molecule has 0 aliphatic rings. The molecule has 9 heavy (non-hydrogen) atoms. The third-order valence-electron chi connectivity index (χ3n) is 1.33. The van der Waals surface area contributed by atoms with E-state index in [2.05, 4.69) is 26.0 Å². The summed E-state index contributed by atoms with van der Waals surface area (Å²) in [5.41, 5.74) is 2.56.